The van der Waals surface area contributed by atoms with E-state index in [9.17, 15) is 8.78 Å². The third kappa shape index (κ3) is 2.79. The molecule has 0 saturated heterocycles. The van der Waals surface area contributed by atoms with Crippen LogP contribution in [0, 0.1) is 11.6 Å². The number of hydrogen-bond acceptors (Lipinski definition) is 3. The van der Waals surface area contributed by atoms with Gasteiger partial charge in [0.25, 0.3) is 0 Å². The Morgan fingerprint density at radius 1 is 1.12 bits per heavy atom. The third-order valence-electron chi connectivity index (χ3n) is 4.23. The molecule has 0 saturated carbocycles. The number of nitrogens with zero attached hydrogens (tertiary/aromatic N) is 1. The lowest BCUT2D eigenvalue weighted by Crippen LogP contribution is -2.04. The lowest BCUT2D eigenvalue weighted by Gasteiger charge is -2.14. The van der Waals surface area contributed by atoms with Gasteiger partial charge in [-0.25, -0.2) is 8.78 Å². The van der Waals surface area contributed by atoms with E-state index in [1.165, 1.54) is 20.3 Å². The molecule has 0 fully saturated rings. The van der Waals surface area contributed by atoms with Gasteiger partial charge in [0, 0.05) is 40.7 Å². The predicted octanol–water partition coefficient (Wildman–Crippen LogP) is 4.71. The van der Waals surface area contributed by atoms with Crippen molar-refractivity contribution >= 4 is 21.5 Å². The molecule has 3 nitrogen and oxygen atoms in total. The molecule has 0 bridgehead atoms. The fourth-order valence-corrected chi connectivity index (χ4v) is 3.30. The molecule has 1 heterocycles. The maximum absolute atomic E-state index is 14.6. The molecule has 1 aromatic carbocycles. The van der Waals surface area contributed by atoms with Crippen molar-refractivity contribution in [3.63, 3.8) is 0 Å². The Morgan fingerprint density at radius 3 is 2.33 bits per heavy atom. The largest absolute Gasteiger partial charge is 0.494 e. The number of hydrogen-bond donors (Lipinski definition) is 0. The molecule has 0 atom stereocenters. The molecular formula is C18H16BrF2NO2. The SMILES string of the molecule is COc1cc(OC)c(F)c(CC2=C(C)Cc3ncc(Br)cc32)c1F. The van der Waals surface area contributed by atoms with Crippen molar-refractivity contribution in [3.05, 3.63) is 56.8 Å². The van der Waals surface area contributed by atoms with Crippen LogP contribution in [-0.4, -0.2) is 19.2 Å². The summed E-state index contributed by atoms with van der Waals surface area (Å²) in [5, 5.41) is 0. The molecule has 1 aliphatic carbocycles. The van der Waals surface area contributed by atoms with Crippen LogP contribution >= 0.6 is 15.9 Å². The van der Waals surface area contributed by atoms with E-state index in [0.717, 1.165) is 26.9 Å². The van der Waals surface area contributed by atoms with Crippen LogP contribution in [0.5, 0.6) is 11.5 Å². The van der Waals surface area contributed by atoms with Crippen LogP contribution in [0.25, 0.3) is 5.57 Å². The molecular weight excluding hydrogens is 380 g/mol. The summed E-state index contributed by atoms with van der Waals surface area (Å²) in [5.41, 5.74) is 3.71. The van der Waals surface area contributed by atoms with Gasteiger partial charge in [-0.15, -0.1) is 0 Å². The van der Waals surface area contributed by atoms with Crippen molar-refractivity contribution in [2.45, 2.75) is 19.8 Å². The quantitative estimate of drug-likeness (QED) is 0.750. The summed E-state index contributed by atoms with van der Waals surface area (Å²) in [6, 6.07) is 3.15. The first-order chi connectivity index (χ1) is 11.5. The number of fused-ring (bicyclic) bond motifs is 1. The average Bonchev–Trinajstić information content (AvgIpc) is 2.86. The Morgan fingerprint density at radius 2 is 1.75 bits per heavy atom. The summed E-state index contributed by atoms with van der Waals surface area (Å²) >= 11 is 3.40. The van der Waals surface area contributed by atoms with Gasteiger partial charge in [-0.05, 0) is 34.5 Å². The smallest absolute Gasteiger partial charge is 0.171 e. The monoisotopic (exact) mass is 395 g/mol. The second kappa shape index (κ2) is 6.51. The Hall–Kier alpha value is -1.95. The second-order valence-electron chi connectivity index (χ2n) is 5.65. The Bertz CT molecular complexity index is 821. The van der Waals surface area contributed by atoms with Gasteiger partial charge in [0.1, 0.15) is 0 Å². The molecule has 1 aliphatic rings. The van der Waals surface area contributed by atoms with E-state index in [4.69, 9.17) is 9.47 Å². The van der Waals surface area contributed by atoms with Crippen molar-refractivity contribution in [1.82, 2.24) is 4.98 Å². The molecule has 6 heteroatoms. The summed E-state index contributed by atoms with van der Waals surface area (Å²) in [5.74, 6) is -1.47. The highest BCUT2D eigenvalue weighted by molar-refractivity contribution is 9.10. The van der Waals surface area contributed by atoms with Crippen LogP contribution in [-0.2, 0) is 12.8 Å². The number of allylic oxidation sites excluding steroid dienone is 2. The number of halogens is 3. The fraction of sp³-hybridized carbons (Fsp3) is 0.278. The molecule has 0 spiro atoms. The van der Waals surface area contributed by atoms with Gasteiger partial charge in [-0.2, -0.15) is 0 Å². The first-order valence-electron chi connectivity index (χ1n) is 7.38. The highest BCUT2D eigenvalue weighted by atomic mass is 79.9. The minimum Gasteiger partial charge on any atom is -0.494 e. The first-order valence-corrected chi connectivity index (χ1v) is 8.17. The molecule has 1 aromatic heterocycles. The van der Waals surface area contributed by atoms with E-state index in [2.05, 4.69) is 20.9 Å². The molecule has 3 rings (SSSR count). The van der Waals surface area contributed by atoms with Gasteiger partial charge < -0.3 is 9.47 Å². The molecule has 0 aliphatic heterocycles. The second-order valence-corrected chi connectivity index (χ2v) is 6.56. The number of methoxy groups -OCH3 is 2. The van der Waals surface area contributed by atoms with Crippen molar-refractivity contribution in [2.24, 2.45) is 0 Å². The molecule has 0 amide bonds. The van der Waals surface area contributed by atoms with E-state index in [0.29, 0.717) is 6.42 Å². The summed E-state index contributed by atoms with van der Waals surface area (Å²) in [6.45, 7) is 1.96. The van der Waals surface area contributed by atoms with E-state index in [1.807, 2.05) is 13.0 Å². The fourth-order valence-electron chi connectivity index (χ4n) is 2.97. The lowest BCUT2D eigenvalue weighted by atomic mass is 9.97. The third-order valence-corrected chi connectivity index (χ3v) is 4.66. The van der Waals surface area contributed by atoms with Crippen LogP contribution in [0.1, 0.15) is 23.7 Å². The Labute approximate surface area is 147 Å². The van der Waals surface area contributed by atoms with Gasteiger partial charge in [-0.3, -0.25) is 4.98 Å². The van der Waals surface area contributed by atoms with Crippen molar-refractivity contribution in [2.75, 3.05) is 14.2 Å². The standard InChI is InChI=1S/C18H16BrF2NO2/c1-9-4-14-12(5-10(19)8-22-14)11(9)6-13-17(20)15(23-2)7-16(24-3)18(13)21/h5,7-8H,4,6H2,1-3H3. The molecule has 0 N–H and O–H groups in total. The summed E-state index contributed by atoms with van der Waals surface area (Å²) in [7, 11) is 2.69. The zero-order valence-electron chi connectivity index (χ0n) is 13.5. The van der Waals surface area contributed by atoms with E-state index >= 15 is 0 Å². The predicted molar refractivity (Wildman–Crippen MR) is 91.4 cm³/mol. The van der Waals surface area contributed by atoms with Crippen molar-refractivity contribution in [3.8, 4) is 11.5 Å². The highest BCUT2D eigenvalue weighted by Crippen LogP contribution is 2.39. The zero-order valence-corrected chi connectivity index (χ0v) is 15.1. The van der Waals surface area contributed by atoms with Gasteiger partial charge in [0.15, 0.2) is 23.1 Å². The van der Waals surface area contributed by atoms with Gasteiger partial charge >= 0.3 is 0 Å². The normalized spacial score (nSPS) is 13.2. The molecule has 24 heavy (non-hydrogen) atoms. The van der Waals surface area contributed by atoms with Crippen molar-refractivity contribution < 1.29 is 18.3 Å². The van der Waals surface area contributed by atoms with Crippen LogP contribution in [0.3, 0.4) is 0 Å². The average molecular weight is 396 g/mol. The number of ether oxygens (including phenoxy) is 2. The first kappa shape index (κ1) is 16.9. The highest BCUT2D eigenvalue weighted by Gasteiger charge is 2.26. The maximum atomic E-state index is 14.6. The Kier molecular flexibility index (Phi) is 4.58. The van der Waals surface area contributed by atoms with Gasteiger partial charge in [-0.1, -0.05) is 5.57 Å². The van der Waals surface area contributed by atoms with Crippen LogP contribution in [0.15, 0.2) is 28.4 Å². The molecule has 2 aromatic rings. The minimum atomic E-state index is -0.701. The van der Waals surface area contributed by atoms with Crippen molar-refractivity contribution in [1.29, 1.82) is 0 Å². The minimum absolute atomic E-state index is 0.0351. The summed E-state index contributed by atoms with van der Waals surface area (Å²) < 4.78 is 40.1. The molecule has 0 unspecified atom stereocenters. The number of pyridine rings is 1. The molecule has 126 valence electrons. The lowest BCUT2D eigenvalue weighted by molar-refractivity contribution is 0.354. The topological polar surface area (TPSA) is 31.4 Å². The van der Waals surface area contributed by atoms with Gasteiger partial charge in [0.2, 0.25) is 0 Å². The summed E-state index contributed by atoms with van der Waals surface area (Å²) in [6.07, 6.45) is 2.52. The summed E-state index contributed by atoms with van der Waals surface area (Å²) in [4.78, 5) is 4.39. The molecule has 0 radical (unpaired) electrons. The van der Waals surface area contributed by atoms with E-state index in [-0.39, 0.29) is 23.5 Å². The van der Waals surface area contributed by atoms with Crippen LogP contribution < -0.4 is 9.47 Å². The zero-order chi connectivity index (χ0) is 17.4. The van der Waals surface area contributed by atoms with E-state index in [1.54, 1.807) is 6.20 Å². The number of benzene rings is 1. The van der Waals surface area contributed by atoms with E-state index < -0.39 is 11.6 Å². The maximum Gasteiger partial charge on any atom is 0.171 e. The van der Waals surface area contributed by atoms with Crippen LogP contribution in [0.2, 0.25) is 0 Å². The Balaban J connectivity index is 2.10. The number of rotatable bonds is 4. The number of aromatic nitrogens is 1. The van der Waals surface area contributed by atoms with Gasteiger partial charge in [0.05, 0.1) is 19.9 Å². The van der Waals surface area contributed by atoms with Crippen LogP contribution in [0.4, 0.5) is 8.78 Å².